The average molecular weight is 274 g/mol. The SMILES string of the molecule is Cc1c(Cl)nc2ccc(Br)cn2c1=O. The minimum Gasteiger partial charge on any atom is -0.269 e. The van der Waals surface area contributed by atoms with E-state index in [1.807, 2.05) is 6.07 Å². The van der Waals surface area contributed by atoms with E-state index < -0.39 is 0 Å². The molecule has 2 heterocycles. The van der Waals surface area contributed by atoms with Crippen LogP contribution in [0.4, 0.5) is 0 Å². The van der Waals surface area contributed by atoms with E-state index in [9.17, 15) is 4.79 Å². The van der Waals surface area contributed by atoms with Crippen molar-refractivity contribution in [1.29, 1.82) is 0 Å². The van der Waals surface area contributed by atoms with Gasteiger partial charge in [-0.3, -0.25) is 9.20 Å². The van der Waals surface area contributed by atoms with Gasteiger partial charge in [0.05, 0.1) is 5.56 Å². The second-order valence-corrected chi connectivity index (χ2v) is 4.18. The van der Waals surface area contributed by atoms with Gasteiger partial charge in [-0.2, -0.15) is 0 Å². The maximum Gasteiger partial charge on any atom is 0.262 e. The molecule has 5 heteroatoms. The summed E-state index contributed by atoms with van der Waals surface area (Å²) < 4.78 is 2.29. The monoisotopic (exact) mass is 272 g/mol. The second kappa shape index (κ2) is 3.37. The van der Waals surface area contributed by atoms with Gasteiger partial charge in [-0.15, -0.1) is 0 Å². The first kappa shape index (κ1) is 9.68. The lowest BCUT2D eigenvalue weighted by Gasteiger charge is -2.02. The van der Waals surface area contributed by atoms with Crippen LogP contribution in [-0.2, 0) is 0 Å². The van der Waals surface area contributed by atoms with Crippen LogP contribution in [0.5, 0.6) is 0 Å². The van der Waals surface area contributed by atoms with Crippen molar-refractivity contribution < 1.29 is 0 Å². The summed E-state index contributed by atoms with van der Waals surface area (Å²) in [7, 11) is 0. The van der Waals surface area contributed by atoms with Crippen molar-refractivity contribution in [3.05, 3.63) is 43.9 Å². The maximum atomic E-state index is 11.7. The summed E-state index contributed by atoms with van der Waals surface area (Å²) >= 11 is 9.09. The predicted molar refractivity (Wildman–Crippen MR) is 58.9 cm³/mol. The lowest BCUT2D eigenvalue weighted by atomic mass is 10.3. The van der Waals surface area contributed by atoms with Crippen LogP contribution in [0.15, 0.2) is 27.6 Å². The highest BCUT2D eigenvalue weighted by Crippen LogP contribution is 2.13. The highest BCUT2D eigenvalue weighted by molar-refractivity contribution is 9.10. The van der Waals surface area contributed by atoms with Crippen molar-refractivity contribution in [3.8, 4) is 0 Å². The van der Waals surface area contributed by atoms with Gasteiger partial charge in [0, 0.05) is 10.7 Å². The number of nitrogens with zero attached hydrogens (tertiary/aromatic N) is 2. The van der Waals surface area contributed by atoms with Gasteiger partial charge < -0.3 is 0 Å². The third kappa shape index (κ3) is 1.44. The zero-order valence-corrected chi connectivity index (χ0v) is 9.63. The largest absolute Gasteiger partial charge is 0.269 e. The Labute approximate surface area is 93.5 Å². The summed E-state index contributed by atoms with van der Waals surface area (Å²) in [6, 6.07) is 3.55. The van der Waals surface area contributed by atoms with Crippen LogP contribution >= 0.6 is 27.5 Å². The van der Waals surface area contributed by atoms with Crippen LogP contribution in [-0.4, -0.2) is 9.38 Å². The van der Waals surface area contributed by atoms with Crippen LogP contribution in [0.1, 0.15) is 5.56 Å². The molecule has 2 rings (SSSR count). The topological polar surface area (TPSA) is 34.4 Å². The van der Waals surface area contributed by atoms with Gasteiger partial charge in [-0.1, -0.05) is 11.6 Å². The van der Waals surface area contributed by atoms with E-state index in [1.165, 1.54) is 4.40 Å². The molecule has 0 saturated heterocycles. The van der Waals surface area contributed by atoms with Crippen LogP contribution in [0.3, 0.4) is 0 Å². The molecule has 0 saturated carbocycles. The molecule has 0 unspecified atom stereocenters. The zero-order chi connectivity index (χ0) is 10.3. The van der Waals surface area contributed by atoms with Gasteiger partial charge >= 0.3 is 0 Å². The van der Waals surface area contributed by atoms with E-state index in [4.69, 9.17) is 11.6 Å². The molecule has 2 aromatic rings. The summed E-state index contributed by atoms with van der Waals surface area (Å²) in [5, 5.41) is 0.261. The summed E-state index contributed by atoms with van der Waals surface area (Å²) in [6.45, 7) is 1.66. The van der Waals surface area contributed by atoms with Crippen LogP contribution < -0.4 is 5.56 Å². The number of fused-ring (bicyclic) bond motifs is 1. The van der Waals surface area contributed by atoms with Crippen molar-refractivity contribution in [1.82, 2.24) is 9.38 Å². The summed E-state index contributed by atoms with van der Waals surface area (Å²) in [5.41, 5.74) is 0.873. The van der Waals surface area contributed by atoms with E-state index >= 15 is 0 Å². The molecule has 0 aliphatic carbocycles. The Balaban J connectivity index is 2.99. The highest BCUT2D eigenvalue weighted by Gasteiger charge is 2.06. The van der Waals surface area contributed by atoms with Crippen molar-refractivity contribution in [2.45, 2.75) is 6.92 Å². The highest BCUT2D eigenvalue weighted by atomic mass is 79.9. The van der Waals surface area contributed by atoms with Gasteiger partial charge in [0.1, 0.15) is 10.8 Å². The van der Waals surface area contributed by atoms with Gasteiger partial charge in [0.2, 0.25) is 0 Å². The molecular weight excluding hydrogens is 267 g/mol. The van der Waals surface area contributed by atoms with E-state index in [1.54, 1.807) is 19.2 Å². The third-order valence-corrected chi connectivity index (χ3v) is 2.79. The number of hydrogen-bond acceptors (Lipinski definition) is 2. The molecule has 0 N–H and O–H groups in total. The smallest absolute Gasteiger partial charge is 0.262 e. The predicted octanol–water partition coefficient (Wildman–Crippen LogP) is 2.42. The fourth-order valence-electron chi connectivity index (χ4n) is 1.17. The molecule has 3 nitrogen and oxygen atoms in total. The van der Waals surface area contributed by atoms with Gasteiger partial charge in [-0.05, 0) is 35.0 Å². The Morgan fingerprint density at radius 3 is 2.93 bits per heavy atom. The fraction of sp³-hybridized carbons (Fsp3) is 0.111. The molecule has 0 aromatic carbocycles. The van der Waals surface area contributed by atoms with Crippen molar-refractivity contribution in [2.75, 3.05) is 0 Å². The number of pyridine rings is 1. The molecule has 0 aliphatic rings. The zero-order valence-electron chi connectivity index (χ0n) is 7.29. The molecule has 0 bridgehead atoms. The average Bonchev–Trinajstić information content (AvgIpc) is 2.16. The van der Waals surface area contributed by atoms with E-state index in [0.717, 1.165) is 4.47 Å². The Morgan fingerprint density at radius 1 is 1.50 bits per heavy atom. The third-order valence-electron chi connectivity index (χ3n) is 1.95. The molecule has 14 heavy (non-hydrogen) atoms. The van der Waals surface area contributed by atoms with Crippen LogP contribution in [0, 0.1) is 6.92 Å². The second-order valence-electron chi connectivity index (χ2n) is 2.91. The Hall–Kier alpha value is -0.870. The minimum absolute atomic E-state index is 0.138. The number of aromatic nitrogens is 2. The molecule has 0 amide bonds. The molecule has 0 radical (unpaired) electrons. The molecule has 0 spiro atoms. The van der Waals surface area contributed by atoms with E-state index in [-0.39, 0.29) is 10.7 Å². The van der Waals surface area contributed by atoms with Gasteiger partial charge in [0.25, 0.3) is 5.56 Å². The Morgan fingerprint density at radius 2 is 2.21 bits per heavy atom. The van der Waals surface area contributed by atoms with E-state index in [2.05, 4.69) is 20.9 Å². The fourth-order valence-corrected chi connectivity index (χ4v) is 1.68. The van der Waals surface area contributed by atoms with Crippen molar-refractivity contribution >= 4 is 33.2 Å². The molecular formula is C9H6BrClN2O. The molecule has 0 atom stereocenters. The maximum absolute atomic E-state index is 11.7. The number of hydrogen-bond donors (Lipinski definition) is 0. The number of halogens is 2. The molecule has 2 aromatic heterocycles. The van der Waals surface area contributed by atoms with Crippen molar-refractivity contribution in [2.24, 2.45) is 0 Å². The lowest BCUT2D eigenvalue weighted by Crippen LogP contribution is -2.17. The quantitative estimate of drug-likeness (QED) is 0.691. The van der Waals surface area contributed by atoms with E-state index in [0.29, 0.717) is 11.2 Å². The molecule has 0 aliphatic heterocycles. The van der Waals surface area contributed by atoms with Crippen LogP contribution in [0.25, 0.3) is 5.65 Å². The molecule has 72 valence electrons. The first-order valence-corrected chi connectivity index (χ1v) is 5.11. The Bertz CT molecular complexity index is 564. The normalized spacial score (nSPS) is 10.8. The van der Waals surface area contributed by atoms with Crippen LogP contribution in [0.2, 0.25) is 5.15 Å². The standard InChI is InChI=1S/C9H6BrClN2O/c1-5-8(11)12-7-3-2-6(10)4-13(7)9(5)14/h2-4H,1H3. The number of rotatable bonds is 0. The first-order chi connectivity index (χ1) is 6.59. The molecule has 0 fully saturated rings. The van der Waals surface area contributed by atoms with Gasteiger partial charge in [0.15, 0.2) is 0 Å². The van der Waals surface area contributed by atoms with Gasteiger partial charge in [-0.25, -0.2) is 4.98 Å². The van der Waals surface area contributed by atoms with Crippen molar-refractivity contribution in [3.63, 3.8) is 0 Å². The minimum atomic E-state index is -0.138. The summed E-state index contributed by atoms with van der Waals surface area (Å²) in [6.07, 6.45) is 1.67. The lowest BCUT2D eigenvalue weighted by molar-refractivity contribution is 1.01. The summed E-state index contributed by atoms with van der Waals surface area (Å²) in [5.74, 6) is 0. The summed E-state index contributed by atoms with van der Waals surface area (Å²) in [4.78, 5) is 15.8. The first-order valence-electron chi connectivity index (χ1n) is 3.93. The Kier molecular flexibility index (Phi) is 2.33.